The van der Waals surface area contributed by atoms with Crippen molar-refractivity contribution >= 4 is 11.1 Å². The van der Waals surface area contributed by atoms with Gasteiger partial charge in [0, 0.05) is 30.1 Å². The highest BCUT2D eigenvalue weighted by Crippen LogP contribution is 2.24. The van der Waals surface area contributed by atoms with Gasteiger partial charge in [0.15, 0.2) is 11.5 Å². The van der Waals surface area contributed by atoms with E-state index in [1.54, 1.807) is 0 Å². The fourth-order valence-electron chi connectivity index (χ4n) is 2.78. The Kier molecular flexibility index (Phi) is 3.74. The second-order valence-electron chi connectivity index (χ2n) is 5.98. The first-order chi connectivity index (χ1) is 9.63. The maximum absolute atomic E-state index is 14.1. The largest absolute Gasteiger partial charge is 0.440 e. The summed E-state index contributed by atoms with van der Waals surface area (Å²) in [5, 5.41) is 3.43. The van der Waals surface area contributed by atoms with Crippen LogP contribution in [0.5, 0.6) is 0 Å². The molecule has 3 nitrogen and oxygen atoms in total. The highest BCUT2D eigenvalue weighted by molar-refractivity contribution is 5.73. The zero-order chi connectivity index (χ0) is 14.1. The first-order valence-corrected chi connectivity index (χ1v) is 7.45. The fourth-order valence-corrected chi connectivity index (χ4v) is 2.78. The summed E-state index contributed by atoms with van der Waals surface area (Å²) in [6.45, 7) is 4.60. The summed E-state index contributed by atoms with van der Waals surface area (Å²) in [5.74, 6) is 0.667. The number of nitrogens with zero attached hydrogens (tertiary/aromatic N) is 1. The highest BCUT2D eigenvalue weighted by Gasteiger charge is 2.16. The summed E-state index contributed by atoms with van der Waals surface area (Å²) < 4.78 is 19.6. The topological polar surface area (TPSA) is 38.1 Å². The van der Waals surface area contributed by atoms with Crippen LogP contribution in [0.1, 0.15) is 56.9 Å². The van der Waals surface area contributed by atoms with Gasteiger partial charge in [0.05, 0.1) is 0 Å². The molecule has 0 saturated heterocycles. The normalized spacial score (nSPS) is 16.6. The zero-order valence-corrected chi connectivity index (χ0v) is 12.1. The van der Waals surface area contributed by atoms with Gasteiger partial charge in [-0.05, 0) is 18.9 Å². The van der Waals surface area contributed by atoms with Crippen LogP contribution in [0.2, 0.25) is 0 Å². The van der Waals surface area contributed by atoms with Crippen LogP contribution in [0.4, 0.5) is 4.39 Å². The molecule has 0 bridgehead atoms. The van der Waals surface area contributed by atoms with E-state index in [4.69, 9.17) is 4.42 Å². The van der Waals surface area contributed by atoms with Crippen molar-refractivity contribution in [3.8, 4) is 0 Å². The molecule has 3 rings (SSSR count). The van der Waals surface area contributed by atoms with E-state index in [-0.39, 0.29) is 11.7 Å². The summed E-state index contributed by atoms with van der Waals surface area (Å²) >= 11 is 0. The summed E-state index contributed by atoms with van der Waals surface area (Å²) in [6.07, 6.45) is 4.96. The molecule has 0 aliphatic heterocycles. The molecule has 1 N–H and O–H groups in total. The Balaban J connectivity index is 1.81. The van der Waals surface area contributed by atoms with Gasteiger partial charge in [0.25, 0.3) is 0 Å². The van der Waals surface area contributed by atoms with Crippen LogP contribution < -0.4 is 5.32 Å². The van der Waals surface area contributed by atoms with Gasteiger partial charge in [0.2, 0.25) is 0 Å². The van der Waals surface area contributed by atoms with Gasteiger partial charge in [0.1, 0.15) is 11.3 Å². The third-order valence-electron chi connectivity index (χ3n) is 4.00. The molecule has 1 aliphatic rings. The lowest BCUT2D eigenvalue weighted by atomic mass is 10.1. The van der Waals surface area contributed by atoms with Crippen LogP contribution in [-0.2, 0) is 6.54 Å². The average Bonchev–Trinajstić information content (AvgIpc) is 3.04. The van der Waals surface area contributed by atoms with Crippen LogP contribution in [-0.4, -0.2) is 11.0 Å². The van der Waals surface area contributed by atoms with Gasteiger partial charge in [-0.25, -0.2) is 9.37 Å². The Morgan fingerprint density at radius 1 is 1.35 bits per heavy atom. The number of aromatic nitrogens is 1. The van der Waals surface area contributed by atoms with Crippen molar-refractivity contribution in [1.82, 2.24) is 10.3 Å². The van der Waals surface area contributed by atoms with Crippen molar-refractivity contribution in [2.24, 2.45) is 0 Å². The molecule has 0 unspecified atom stereocenters. The first-order valence-electron chi connectivity index (χ1n) is 7.45. The second kappa shape index (κ2) is 5.52. The van der Waals surface area contributed by atoms with Crippen LogP contribution in [0, 0.1) is 5.82 Å². The average molecular weight is 276 g/mol. The van der Waals surface area contributed by atoms with E-state index in [2.05, 4.69) is 10.3 Å². The lowest BCUT2D eigenvalue weighted by Crippen LogP contribution is -2.25. The molecule has 0 amide bonds. The standard InChI is InChI=1S/C16H21FN2O/c1-10(2)16-19-14-7-11(13(17)8-15(14)20-16)9-18-12-5-3-4-6-12/h7-8,10,12,18H,3-6,9H2,1-2H3. The number of oxazole rings is 1. The van der Waals surface area contributed by atoms with E-state index in [0.717, 1.165) is 5.52 Å². The molecule has 0 spiro atoms. The molecule has 108 valence electrons. The zero-order valence-electron chi connectivity index (χ0n) is 12.1. The van der Waals surface area contributed by atoms with Crippen molar-refractivity contribution in [3.05, 3.63) is 29.4 Å². The third-order valence-corrected chi connectivity index (χ3v) is 4.00. The van der Waals surface area contributed by atoms with Gasteiger partial charge in [-0.3, -0.25) is 0 Å². The smallest absolute Gasteiger partial charge is 0.198 e. The fraction of sp³-hybridized carbons (Fsp3) is 0.562. The molecular weight excluding hydrogens is 255 g/mol. The summed E-state index contributed by atoms with van der Waals surface area (Å²) in [7, 11) is 0. The molecule has 4 heteroatoms. The summed E-state index contributed by atoms with van der Waals surface area (Å²) in [6, 6.07) is 3.80. The van der Waals surface area contributed by atoms with E-state index < -0.39 is 0 Å². The number of rotatable bonds is 4. The van der Waals surface area contributed by atoms with Crippen molar-refractivity contribution < 1.29 is 8.81 Å². The second-order valence-corrected chi connectivity index (χ2v) is 5.98. The van der Waals surface area contributed by atoms with Crippen LogP contribution in [0.3, 0.4) is 0 Å². The Labute approximate surface area is 118 Å². The van der Waals surface area contributed by atoms with Gasteiger partial charge >= 0.3 is 0 Å². The van der Waals surface area contributed by atoms with Crippen LogP contribution >= 0.6 is 0 Å². The molecule has 1 aliphatic carbocycles. The lowest BCUT2D eigenvalue weighted by molar-refractivity contribution is 0.496. The van der Waals surface area contributed by atoms with E-state index in [0.29, 0.717) is 29.6 Å². The van der Waals surface area contributed by atoms with E-state index in [1.807, 2.05) is 19.9 Å². The molecule has 1 aromatic heterocycles. The van der Waals surface area contributed by atoms with E-state index >= 15 is 0 Å². The number of hydrogen-bond acceptors (Lipinski definition) is 3. The number of nitrogens with one attached hydrogen (secondary N) is 1. The number of fused-ring (bicyclic) bond motifs is 1. The van der Waals surface area contributed by atoms with E-state index in [1.165, 1.54) is 31.7 Å². The first kappa shape index (κ1) is 13.6. The third kappa shape index (κ3) is 2.70. The maximum atomic E-state index is 14.1. The van der Waals surface area contributed by atoms with Crippen molar-refractivity contribution in [1.29, 1.82) is 0 Å². The number of hydrogen-bond donors (Lipinski definition) is 1. The van der Waals surface area contributed by atoms with Crippen molar-refractivity contribution in [2.45, 2.75) is 58.0 Å². The molecule has 1 saturated carbocycles. The quantitative estimate of drug-likeness (QED) is 0.912. The predicted molar refractivity (Wildman–Crippen MR) is 77.2 cm³/mol. The Bertz CT molecular complexity index is 600. The molecule has 1 fully saturated rings. The van der Waals surface area contributed by atoms with Crippen molar-refractivity contribution in [3.63, 3.8) is 0 Å². The molecule has 20 heavy (non-hydrogen) atoms. The summed E-state index contributed by atoms with van der Waals surface area (Å²) in [5.41, 5.74) is 1.96. The highest BCUT2D eigenvalue weighted by atomic mass is 19.1. The predicted octanol–water partition coefficient (Wildman–Crippen LogP) is 4.12. The van der Waals surface area contributed by atoms with Gasteiger partial charge in [-0.1, -0.05) is 26.7 Å². The maximum Gasteiger partial charge on any atom is 0.198 e. The molecular formula is C16H21FN2O. The van der Waals surface area contributed by atoms with E-state index in [9.17, 15) is 4.39 Å². The Morgan fingerprint density at radius 3 is 2.80 bits per heavy atom. The Morgan fingerprint density at radius 2 is 2.10 bits per heavy atom. The molecule has 1 heterocycles. The number of halogens is 1. The van der Waals surface area contributed by atoms with Crippen molar-refractivity contribution in [2.75, 3.05) is 0 Å². The molecule has 1 aromatic carbocycles. The SMILES string of the molecule is CC(C)c1nc2cc(CNC3CCCC3)c(F)cc2o1. The van der Waals surface area contributed by atoms with Crippen LogP contribution in [0.25, 0.3) is 11.1 Å². The van der Waals surface area contributed by atoms with Crippen LogP contribution in [0.15, 0.2) is 16.5 Å². The minimum atomic E-state index is -0.213. The van der Waals surface area contributed by atoms with Gasteiger partial charge in [-0.15, -0.1) is 0 Å². The minimum Gasteiger partial charge on any atom is -0.440 e. The monoisotopic (exact) mass is 276 g/mol. The Hall–Kier alpha value is -1.42. The number of benzene rings is 1. The molecule has 0 atom stereocenters. The molecule has 2 aromatic rings. The van der Waals surface area contributed by atoms with Gasteiger partial charge < -0.3 is 9.73 Å². The van der Waals surface area contributed by atoms with Gasteiger partial charge in [-0.2, -0.15) is 0 Å². The molecule has 0 radical (unpaired) electrons. The minimum absolute atomic E-state index is 0.213. The summed E-state index contributed by atoms with van der Waals surface area (Å²) in [4.78, 5) is 4.43. The lowest BCUT2D eigenvalue weighted by Gasteiger charge is -2.11.